The van der Waals surface area contributed by atoms with Gasteiger partial charge in [-0.3, -0.25) is 4.79 Å². The van der Waals surface area contributed by atoms with Crippen LogP contribution >= 0.6 is 34.7 Å². The quantitative estimate of drug-likeness (QED) is 0.581. The van der Waals surface area contributed by atoms with Crippen molar-refractivity contribution in [1.82, 2.24) is 20.3 Å². The molecule has 1 N–H and O–H groups in total. The van der Waals surface area contributed by atoms with Gasteiger partial charge >= 0.3 is 6.01 Å². The minimum absolute atomic E-state index is 0.0506. The van der Waals surface area contributed by atoms with Gasteiger partial charge in [-0.05, 0) is 37.8 Å². The average Bonchev–Trinajstić information content (AvgIpc) is 3.13. The normalized spacial score (nSPS) is 19.5. The maximum Gasteiger partial charge on any atom is 0.316 e. The molecule has 1 aliphatic carbocycles. The highest BCUT2D eigenvalue weighted by Crippen LogP contribution is 2.29. The van der Waals surface area contributed by atoms with Crippen LogP contribution in [-0.4, -0.2) is 38.8 Å². The van der Waals surface area contributed by atoms with Crippen molar-refractivity contribution in [2.45, 2.75) is 42.2 Å². The minimum atomic E-state index is 0.0506. The lowest BCUT2D eigenvalue weighted by molar-refractivity contribution is -0.119. The second-order valence-electron chi connectivity index (χ2n) is 6.58. The molecule has 1 saturated carbocycles. The van der Waals surface area contributed by atoms with Gasteiger partial charge in [-0.2, -0.15) is 0 Å². The number of ether oxygens (including phenoxy) is 1. The fourth-order valence-electron chi connectivity index (χ4n) is 3.14. The van der Waals surface area contributed by atoms with Crippen molar-refractivity contribution in [3.05, 3.63) is 41.7 Å². The Balaban J connectivity index is 1.20. The van der Waals surface area contributed by atoms with Crippen molar-refractivity contribution in [3.8, 4) is 6.01 Å². The highest BCUT2D eigenvalue weighted by molar-refractivity contribution is 8.01. The van der Waals surface area contributed by atoms with Gasteiger partial charge in [-0.25, -0.2) is 15.0 Å². The summed E-state index contributed by atoms with van der Waals surface area (Å²) in [6, 6.07) is 8.56. The van der Waals surface area contributed by atoms with Crippen LogP contribution in [-0.2, 0) is 4.79 Å². The number of amides is 1. The number of para-hydroxylation sites is 1. The highest BCUT2D eigenvalue weighted by atomic mass is 35.5. The number of thioether (sulfide) groups is 1. The Morgan fingerprint density at radius 1 is 1.21 bits per heavy atom. The summed E-state index contributed by atoms with van der Waals surface area (Å²) < 4.78 is 7.87. The summed E-state index contributed by atoms with van der Waals surface area (Å²) >= 11 is 8.89. The van der Waals surface area contributed by atoms with E-state index in [1.165, 1.54) is 24.2 Å². The summed E-state index contributed by atoms with van der Waals surface area (Å²) in [6.45, 7) is 0. The van der Waals surface area contributed by atoms with Crippen LogP contribution in [0.25, 0.3) is 10.2 Å². The number of carbonyl (C=O) groups excluding carboxylic acids is 1. The fourth-order valence-corrected chi connectivity index (χ4v) is 5.12. The Morgan fingerprint density at radius 3 is 2.71 bits per heavy atom. The molecule has 1 fully saturated rings. The van der Waals surface area contributed by atoms with Crippen molar-refractivity contribution in [3.63, 3.8) is 0 Å². The molecule has 146 valence electrons. The second kappa shape index (κ2) is 9.07. The molecular weight excluding hydrogens is 416 g/mol. The first-order chi connectivity index (χ1) is 13.7. The maximum absolute atomic E-state index is 12.3. The number of carbonyl (C=O) groups is 1. The molecule has 0 unspecified atom stereocenters. The third kappa shape index (κ3) is 5.12. The Bertz CT molecular complexity index is 910. The smallest absolute Gasteiger partial charge is 0.316 e. The number of rotatable bonds is 6. The molecule has 6 nitrogen and oxygen atoms in total. The molecule has 0 radical (unpaired) electrons. The molecule has 0 saturated heterocycles. The molecule has 9 heteroatoms. The van der Waals surface area contributed by atoms with Crippen LogP contribution in [0.5, 0.6) is 6.01 Å². The van der Waals surface area contributed by atoms with E-state index in [0.29, 0.717) is 16.8 Å². The highest BCUT2D eigenvalue weighted by Gasteiger charge is 2.24. The van der Waals surface area contributed by atoms with E-state index in [0.717, 1.165) is 40.2 Å². The van der Waals surface area contributed by atoms with E-state index >= 15 is 0 Å². The number of aromatic nitrogens is 3. The van der Waals surface area contributed by atoms with Crippen LogP contribution < -0.4 is 10.1 Å². The molecule has 0 atom stereocenters. The molecule has 0 bridgehead atoms. The first kappa shape index (κ1) is 19.4. The molecule has 4 rings (SSSR count). The number of halogens is 1. The first-order valence-corrected chi connectivity index (χ1v) is 11.3. The lowest BCUT2D eigenvalue weighted by Gasteiger charge is -2.28. The van der Waals surface area contributed by atoms with E-state index in [2.05, 4.69) is 20.3 Å². The van der Waals surface area contributed by atoms with Crippen molar-refractivity contribution in [2.75, 3.05) is 5.75 Å². The molecule has 0 spiro atoms. The third-order valence-electron chi connectivity index (χ3n) is 4.51. The largest absolute Gasteiger partial charge is 0.460 e. The molecule has 3 aromatic rings. The lowest BCUT2D eigenvalue weighted by atomic mass is 9.93. The molecule has 1 aliphatic rings. The number of nitrogens with zero attached hydrogens (tertiary/aromatic N) is 3. The predicted molar refractivity (Wildman–Crippen MR) is 112 cm³/mol. The summed E-state index contributed by atoms with van der Waals surface area (Å²) in [5.41, 5.74) is 0.985. The zero-order chi connectivity index (χ0) is 19.3. The van der Waals surface area contributed by atoms with Crippen LogP contribution in [0.1, 0.15) is 25.7 Å². The predicted octanol–water partition coefficient (Wildman–Crippen LogP) is 4.34. The molecule has 2 heterocycles. The molecule has 1 amide bonds. The monoisotopic (exact) mass is 434 g/mol. The topological polar surface area (TPSA) is 77.0 Å². The summed E-state index contributed by atoms with van der Waals surface area (Å²) in [7, 11) is 0. The first-order valence-electron chi connectivity index (χ1n) is 9.07. The number of hydrogen-bond acceptors (Lipinski definition) is 7. The maximum atomic E-state index is 12.3. The van der Waals surface area contributed by atoms with Crippen LogP contribution in [0, 0.1) is 0 Å². The van der Waals surface area contributed by atoms with Crippen molar-refractivity contribution in [1.29, 1.82) is 0 Å². The summed E-state index contributed by atoms with van der Waals surface area (Å²) in [4.78, 5) is 25.0. The molecule has 2 aromatic heterocycles. The van der Waals surface area contributed by atoms with Crippen molar-refractivity contribution >= 4 is 50.8 Å². The SMILES string of the molecule is O=C(CSc1nc2ccccc2s1)NC1CCC(Oc2ncc(Cl)cn2)CC1. The van der Waals surface area contributed by atoms with Crippen molar-refractivity contribution < 1.29 is 9.53 Å². The van der Waals surface area contributed by atoms with E-state index < -0.39 is 0 Å². The van der Waals surface area contributed by atoms with Gasteiger partial charge in [-0.15, -0.1) is 11.3 Å². The number of benzene rings is 1. The third-order valence-corrected chi connectivity index (χ3v) is 6.88. The number of hydrogen-bond donors (Lipinski definition) is 1. The molecule has 0 aliphatic heterocycles. The van der Waals surface area contributed by atoms with E-state index in [1.807, 2.05) is 24.3 Å². The minimum Gasteiger partial charge on any atom is -0.460 e. The van der Waals surface area contributed by atoms with Crippen LogP contribution in [0.4, 0.5) is 0 Å². The molecular formula is C19H19ClN4O2S2. The summed E-state index contributed by atoms with van der Waals surface area (Å²) in [6.07, 6.45) is 6.62. The van der Waals surface area contributed by atoms with Gasteiger partial charge in [0.05, 0.1) is 33.4 Å². The lowest BCUT2D eigenvalue weighted by Crippen LogP contribution is -2.40. The van der Waals surface area contributed by atoms with Gasteiger partial charge in [0, 0.05) is 6.04 Å². The number of thiazole rings is 1. The van der Waals surface area contributed by atoms with E-state index in [-0.39, 0.29) is 18.1 Å². The van der Waals surface area contributed by atoms with Gasteiger partial charge < -0.3 is 10.1 Å². The summed E-state index contributed by atoms with van der Waals surface area (Å²) in [5, 5.41) is 3.62. The van der Waals surface area contributed by atoms with Crippen LogP contribution in [0.15, 0.2) is 41.0 Å². The van der Waals surface area contributed by atoms with Gasteiger partial charge in [0.1, 0.15) is 6.10 Å². The Labute approximate surface area is 176 Å². The average molecular weight is 435 g/mol. The van der Waals surface area contributed by atoms with Crippen molar-refractivity contribution in [2.24, 2.45) is 0 Å². The number of nitrogens with one attached hydrogen (secondary N) is 1. The van der Waals surface area contributed by atoms with Gasteiger partial charge in [0.2, 0.25) is 5.91 Å². The molecule has 1 aromatic carbocycles. The van der Waals surface area contributed by atoms with Gasteiger partial charge in [0.25, 0.3) is 0 Å². The van der Waals surface area contributed by atoms with E-state index in [1.54, 1.807) is 11.3 Å². The zero-order valence-corrected chi connectivity index (χ0v) is 17.4. The fraction of sp³-hybridized carbons (Fsp3) is 0.368. The molecule has 28 heavy (non-hydrogen) atoms. The van der Waals surface area contributed by atoms with E-state index in [4.69, 9.17) is 16.3 Å². The van der Waals surface area contributed by atoms with Crippen LogP contribution in [0.3, 0.4) is 0 Å². The second-order valence-corrected chi connectivity index (χ2v) is 9.27. The van der Waals surface area contributed by atoms with E-state index in [9.17, 15) is 4.79 Å². The van der Waals surface area contributed by atoms with Gasteiger partial charge in [-0.1, -0.05) is 35.5 Å². The summed E-state index contributed by atoms with van der Waals surface area (Å²) in [5.74, 6) is 0.434. The number of fused-ring (bicyclic) bond motifs is 1. The van der Waals surface area contributed by atoms with Crippen LogP contribution in [0.2, 0.25) is 5.02 Å². The Kier molecular flexibility index (Phi) is 6.29. The Morgan fingerprint density at radius 2 is 1.96 bits per heavy atom. The standard InChI is InChI=1S/C19H19ClN4O2S2/c20-12-9-21-18(22-10-12)26-14-7-5-13(6-8-14)23-17(25)11-27-19-24-15-3-1-2-4-16(15)28-19/h1-4,9-10,13-14H,5-8,11H2,(H,23,25). The zero-order valence-electron chi connectivity index (χ0n) is 15.0. The Hall–Kier alpha value is -1.90. The van der Waals surface area contributed by atoms with Gasteiger partial charge in [0.15, 0.2) is 4.34 Å².